The maximum absolute atomic E-state index is 13.0. The van der Waals surface area contributed by atoms with E-state index in [4.69, 9.17) is 4.98 Å². The maximum atomic E-state index is 13.0. The Morgan fingerprint density at radius 2 is 1.74 bits per heavy atom. The van der Waals surface area contributed by atoms with Gasteiger partial charge in [-0.3, -0.25) is 9.78 Å². The SMILES string of the molecule is CC(C)(C)c1cc(-c2nc(C3CCN(C(=O)Cn4cnc5ccncc54)CC3)cs2)cc(C(C)(C)C)c1O. The predicted octanol–water partition coefficient (Wildman–Crippen LogP) is 6.26. The van der Waals surface area contributed by atoms with Gasteiger partial charge in [0.1, 0.15) is 17.3 Å². The number of carbonyl (C=O) groups excluding carboxylic acids is 1. The van der Waals surface area contributed by atoms with Crippen molar-refractivity contribution in [3.63, 3.8) is 0 Å². The smallest absolute Gasteiger partial charge is 0.242 e. The molecule has 7 nitrogen and oxygen atoms in total. The van der Waals surface area contributed by atoms with E-state index < -0.39 is 0 Å². The van der Waals surface area contributed by atoms with Crippen molar-refractivity contribution in [2.24, 2.45) is 0 Å². The first-order valence-electron chi connectivity index (χ1n) is 13.3. The molecule has 0 aliphatic carbocycles. The molecule has 200 valence electrons. The van der Waals surface area contributed by atoms with Gasteiger partial charge >= 0.3 is 0 Å². The Kier molecular flexibility index (Phi) is 6.80. The van der Waals surface area contributed by atoms with Crippen molar-refractivity contribution in [2.75, 3.05) is 13.1 Å². The molecule has 0 unspecified atom stereocenters. The minimum atomic E-state index is -0.181. The number of thiazole rings is 1. The van der Waals surface area contributed by atoms with Gasteiger partial charge in [-0.05, 0) is 41.9 Å². The van der Waals surface area contributed by atoms with Crippen LogP contribution in [0, 0.1) is 0 Å². The van der Waals surface area contributed by atoms with Gasteiger partial charge in [-0.25, -0.2) is 9.97 Å². The van der Waals surface area contributed by atoms with E-state index in [1.165, 1.54) is 0 Å². The minimum Gasteiger partial charge on any atom is -0.507 e. The zero-order chi connectivity index (χ0) is 27.2. The van der Waals surface area contributed by atoms with Crippen molar-refractivity contribution in [3.8, 4) is 16.3 Å². The van der Waals surface area contributed by atoms with E-state index in [9.17, 15) is 9.90 Å². The lowest BCUT2D eigenvalue weighted by Crippen LogP contribution is -2.39. The lowest BCUT2D eigenvalue weighted by Gasteiger charge is -2.31. The van der Waals surface area contributed by atoms with Crippen LogP contribution in [0.25, 0.3) is 21.6 Å². The summed E-state index contributed by atoms with van der Waals surface area (Å²) in [5.74, 6) is 0.838. The molecule has 1 aliphatic heterocycles. The van der Waals surface area contributed by atoms with Gasteiger partial charge in [0, 0.05) is 47.3 Å². The summed E-state index contributed by atoms with van der Waals surface area (Å²) in [6.07, 6.45) is 6.98. The molecular formula is C30H37N5O2S. The van der Waals surface area contributed by atoms with Crippen molar-refractivity contribution in [1.82, 2.24) is 24.4 Å². The maximum Gasteiger partial charge on any atom is 0.242 e. The van der Waals surface area contributed by atoms with Crippen LogP contribution in [0.1, 0.15) is 77.1 Å². The second-order valence-corrected chi connectivity index (χ2v) is 13.2. The van der Waals surface area contributed by atoms with Crippen LogP contribution in [0.5, 0.6) is 5.75 Å². The molecular weight excluding hydrogens is 494 g/mol. The van der Waals surface area contributed by atoms with Gasteiger partial charge < -0.3 is 14.6 Å². The van der Waals surface area contributed by atoms with Crippen molar-refractivity contribution >= 4 is 28.3 Å². The topological polar surface area (TPSA) is 84.1 Å². The average molecular weight is 532 g/mol. The van der Waals surface area contributed by atoms with E-state index >= 15 is 0 Å². The fourth-order valence-electron chi connectivity index (χ4n) is 5.21. The molecule has 38 heavy (non-hydrogen) atoms. The lowest BCUT2D eigenvalue weighted by atomic mass is 9.78. The van der Waals surface area contributed by atoms with Crippen molar-refractivity contribution in [1.29, 1.82) is 0 Å². The number of aromatic hydroxyl groups is 1. The van der Waals surface area contributed by atoms with Gasteiger partial charge in [-0.15, -0.1) is 11.3 Å². The third-order valence-electron chi connectivity index (χ3n) is 7.49. The summed E-state index contributed by atoms with van der Waals surface area (Å²) in [5.41, 5.74) is 5.43. The van der Waals surface area contributed by atoms with Crippen molar-refractivity contribution < 1.29 is 9.90 Å². The van der Waals surface area contributed by atoms with E-state index in [0.29, 0.717) is 11.7 Å². The Balaban J connectivity index is 1.29. The number of imidazole rings is 1. The Morgan fingerprint density at radius 1 is 1.08 bits per heavy atom. The first kappa shape index (κ1) is 26.4. The Labute approximate surface area is 228 Å². The first-order chi connectivity index (χ1) is 17.9. The molecule has 3 aromatic heterocycles. The Bertz CT molecular complexity index is 1430. The fourth-order valence-corrected chi connectivity index (χ4v) is 6.10. The largest absolute Gasteiger partial charge is 0.507 e. The summed E-state index contributed by atoms with van der Waals surface area (Å²) in [4.78, 5) is 28.6. The molecule has 1 amide bonds. The van der Waals surface area contributed by atoms with Gasteiger partial charge in [-0.2, -0.15) is 0 Å². The van der Waals surface area contributed by atoms with Crippen LogP contribution in [-0.4, -0.2) is 48.5 Å². The van der Waals surface area contributed by atoms with Crippen LogP contribution >= 0.6 is 11.3 Å². The third kappa shape index (κ3) is 5.19. The summed E-state index contributed by atoms with van der Waals surface area (Å²) >= 11 is 1.66. The fraction of sp³-hybridized carbons (Fsp3) is 0.467. The normalized spacial score (nSPS) is 15.4. The summed E-state index contributed by atoms with van der Waals surface area (Å²) < 4.78 is 1.87. The van der Waals surface area contributed by atoms with Gasteiger partial charge in [0.05, 0.1) is 29.3 Å². The highest BCUT2D eigenvalue weighted by atomic mass is 32.1. The highest BCUT2D eigenvalue weighted by Crippen LogP contribution is 2.43. The van der Waals surface area contributed by atoms with Crippen LogP contribution in [0.15, 0.2) is 42.3 Å². The summed E-state index contributed by atoms with van der Waals surface area (Å²) in [5, 5.41) is 14.2. The molecule has 1 aliphatic rings. The zero-order valence-electron chi connectivity index (χ0n) is 23.2. The number of rotatable bonds is 4. The number of hydrogen-bond acceptors (Lipinski definition) is 6. The van der Waals surface area contributed by atoms with Gasteiger partial charge in [-0.1, -0.05) is 41.5 Å². The van der Waals surface area contributed by atoms with Gasteiger partial charge in [0.2, 0.25) is 5.91 Å². The molecule has 8 heteroatoms. The Hall–Kier alpha value is -3.26. The lowest BCUT2D eigenvalue weighted by molar-refractivity contribution is -0.132. The number of fused-ring (bicyclic) bond motifs is 1. The number of hydrogen-bond donors (Lipinski definition) is 1. The molecule has 0 saturated carbocycles. The Morgan fingerprint density at radius 3 is 2.37 bits per heavy atom. The summed E-state index contributed by atoms with van der Waals surface area (Å²) in [6.45, 7) is 14.5. The molecule has 1 saturated heterocycles. The number of pyridine rings is 1. The van der Waals surface area contributed by atoms with Crippen LogP contribution in [0.3, 0.4) is 0 Å². The molecule has 0 radical (unpaired) electrons. The van der Waals surface area contributed by atoms with Crippen molar-refractivity contribution in [2.45, 2.75) is 77.7 Å². The van der Waals surface area contributed by atoms with E-state index in [-0.39, 0.29) is 23.3 Å². The second-order valence-electron chi connectivity index (χ2n) is 12.4. The molecule has 1 aromatic carbocycles. The molecule has 4 heterocycles. The van der Waals surface area contributed by atoms with E-state index in [1.54, 1.807) is 30.1 Å². The number of phenols is 1. The molecule has 5 rings (SSSR count). The number of nitrogens with zero attached hydrogens (tertiary/aromatic N) is 5. The van der Waals surface area contributed by atoms with Crippen LogP contribution in [0.4, 0.5) is 0 Å². The number of phenolic OH excluding ortho intramolecular Hbond substituents is 1. The first-order valence-corrected chi connectivity index (χ1v) is 14.2. The van der Waals surface area contributed by atoms with E-state index in [1.807, 2.05) is 15.5 Å². The molecule has 1 fully saturated rings. The monoisotopic (exact) mass is 531 g/mol. The number of carbonyl (C=O) groups is 1. The van der Waals surface area contributed by atoms with Gasteiger partial charge in [0.25, 0.3) is 0 Å². The molecule has 4 aromatic rings. The predicted molar refractivity (Wildman–Crippen MR) is 153 cm³/mol. The number of likely N-dealkylation sites (tertiary alicyclic amines) is 1. The zero-order valence-corrected chi connectivity index (χ0v) is 24.0. The average Bonchev–Trinajstić information content (AvgIpc) is 3.51. The number of amides is 1. The van der Waals surface area contributed by atoms with Crippen LogP contribution < -0.4 is 0 Å². The molecule has 1 N–H and O–H groups in total. The van der Waals surface area contributed by atoms with Gasteiger partial charge in [0.15, 0.2) is 0 Å². The summed E-state index contributed by atoms with van der Waals surface area (Å²) in [6, 6.07) is 6.06. The van der Waals surface area contributed by atoms with Crippen LogP contribution in [0.2, 0.25) is 0 Å². The van der Waals surface area contributed by atoms with E-state index in [0.717, 1.165) is 64.4 Å². The third-order valence-corrected chi connectivity index (χ3v) is 8.40. The highest BCUT2D eigenvalue weighted by molar-refractivity contribution is 7.13. The van der Waals surface area contributed by atoms with Crippen molar-refractivity contribution in [3.05, 3.63) is 59.1 Å². The van der Waals surface area contributed by atoms with E-state index in [2.05, 4.69) is 69.0 Å². The number of aromatic nitrogens is 4. The second kappa shape index (κ2) is 9.80. The molecule has 0 atom stereocenters. The van der Waals surface area contributed by atoms with Crippen LogP contribution in [-0.2, 0) is 22.2 Å². The molecule has 0 spiro atoms. The quantitative estimate of drug-likeness (QED) is 0.336. The summed E-state index contributed by atoms with van der Waals surface area (Å²) in [7, 11) is 0. The molecule has 0 bridgehead atoms. The highest BCUT2D eigenvalue weighted by Gasteiger charge is 2.29. The number of benzene rings is 1. The minimum absolute atomic E-state index is 0.110. The number of piperidine rings is 1. The standard InChI is InChI=1S/C30H37N5O2S/c1-29(2,3)21-13-20(14-22(27(21)37)30(4,5)6)28-33-24(17-38-28)19-8-11-34(12-9-19)26(36)16-35-18-32-23-7-10-31-15-25(23)35/h7,10,13-15,17-19,37H,8-9,11-12,16H2,1-6H3.